The summed E-state index contributed by atoms with van der Waals surface area (Å²) in [6.07, 6.45) is 6.03. The van der Waals surface area contributed by atoms with E-state index < -0.39 is 0 Å². The van der Waals surface area contributed by atoms with Crippen molar-refractivity contribution in [2.24, 2.45) is 0 Å². The Bertz CT molecular complexity index is 1490. The Morgan fingerprint density at radius 3 is 2.65 bits per heavy atom. The van der Waals surface area contributed by atoms with Crippen LogP contribution >= 0.6 is 15.9 Å². The highest BCUT2D eigenvalue weighted by atomic mass is 79.9. The number of likely N-dealkylation sites (N-methyl/N-ethyl adjacent to an activating group) is 1. The van der Waals surface area contributed by atoms with E-state index in [2.05, 4.69) is 56.2 Å². The average molecular weight is 558 g/mol. The smallest absolute Gasteiger partial charge is 0.257 e. The summed E-state index contributed by atoms with van der Waals surface area (Å²) in [6, 6.07) is 22.3. The maximum atomic E-state index is 13.7. The van der Waals surface area contributed by atoms with Gasteiger partial charge in [-0.05, 0) is 28.5 Å². The Balaban J connectivity index is 1.64. The molecule has 0 fully saturated rings. The summed E-state index contributed by atoms with van der Waals surface area (Å²) in [5, 5.41) is 7.21. The van der Waals surface area contributed by atoms with E-state index in [1.165, 1.54) is 0 Å². The van der Waals surface area contributed by atoms with Crippen LogP contribution in [0.1, 0.15) is 27.7 Å². The molecule has 1 amide bonds. The van der Waals surface area contributed by atoms with Gasteiger partial charge in [0.15, 0.2) is 0 Å². The first-order valence-corrected chi connectivity index (χ1v) is 12.9. The highest BCUT2D eigenvalue weighted by molar-refractivity contribution is 9.10. The van der Waals surface area contributed by atoms with Crippen LogP contribution in [0.15, 0.2) is 89.9 Å². The Morgan fingerprint density at radius 2 is 1.89 bits per heavy atom. The van der Waals surface area contributed by atoms with Gasteiger partial charge < -0.3 is 14.6 Å². The molecule has 5 rings (SSSR count). The van der Waals surface area contributed by atoms with Crippen LogP contribution in [-0.2, 0) is 11.2 Å². The second-order valence-corrected chi connectivity index (χ2v) is 9.89. The largest absolute Gasteiger partial charge is 0.383 e. The molecule has 8 heteroatoms. The second-order valence-electron chi connectivity index (χ2n) is 8.97. The van der Waals surface area contributed by atoms with E-state index >= 15 is 0 Å². The topological polar surface area (TPSA) is 76.0 Å². The first-order chi connectivity index (χ1) is 18.0. The maximum Gasteiger partial charge on any atom is 0.257 e. The highest BCUT2D eigenvalue weighted by Crippen LogP contribution is 2.33. The molecule has 1 N–H and O–H groups in total. The lowest BCUT2D eigenvalue weighted by Crippen LogP contribution is -2.30. The zero-order chi connectivity index (χ0) is 25.8. The van der Waals surface area contributed by atoms with Crippen LogP contribution in [0.4, 0.5) is 0 Å². The summed E-state index contributed by atoms with van der Waals surface area (Å²) >= 11 is 3.52. The lowest BCUT2D eigenvalue weighted by molar-refractivity contribution is 0.0745. The fourth-order valence-corrected chi connectivity index (χ4v) is 4.78. The van der Waals surface area contributed by atoms with Crippen LogP contribution < -0.4 is 0 Å². The van der Waals surface area contributed by atoms with Gasteiger partial charge in [-0.1, -0.05) is 70.5 Å². The molecule has 2 aromatic heterocycles. The monoisotopic (exact) mass is 557 g/mol. The molecule has 2 heterocycles. The van der Waals surface area contributed by atoms with E-state index in [-0.39, 0.29) is 11.9 Å². The number of benzene rings is 3. The van der Waals surface area contributed by atoms with Gasteiger partial charge in [0.2, 0.25) is 0 Å². The predicted molar refractivity (Wildman–Crippen MR) is 149 cm³/mol. The number of H-pyrrole nitrogens is 1. The molecule has 0 bridgehead atoms. The number of carbonyl (C=O) groups is 1. The predicted octanol–water partition coefficient (Wildman–Crippen LogP) is 5.74. The summed E-state index contributed by atoms with van der Waals surface area (Å²) < 4.78 is 8.13. The van der Waals surface area contributed by atoms with Gasteiger partial charge in [-0.15, -0.1) is 0 Å². The molecule has 0 spiro atoms. The number of imidazole rings is 1. The summed E-state index contributed by atoms with van der Waals surface area (Å²) in [4.78, 5) is 22.9. The molecule has 0 aliphatic rings. The molecular weight excluding hydrogens is 530 g/mol. The fraction of sp³-hybridized carbons (Fsp3) is 0.207. The van der Waals surface area contributed by atoms with Crippen LogP contribution in [-0.4, -0.2) is 57.9 Å². The molecule has 0 aliphatic heterocycles. The second kappa shape index (κ2) is 11.1. The van der Waals surface area contributed by atoms with E-state index in [0.29, 0.717) is 30.8 Å². The van der Waals surface area contributed by atoms with Gasteiger partial charge in [-0.25, -0.2) is 4.98 Å². The Kier molecular flexibility index (Phi) is 7.48. The number of aromatic nitrogens is 4. The maximum absolute atomic E-state index is 13.7. The van der Waals surface area contributed by atoms with Crippen molar-refractivity contribution >= 4 is 32.6 Å². The summed E-state index contributed by atoms with van der Waals surface area (Å²) in [7, 11) is 3.43. The molecule has 37 heavy (non-hydrogen) atoms. The number of nitrogens with one attached hydrogen (secondary N) is 1. The van der Waals surface area contributed by atoms with E-state index in [9.17, 15) is 4.79 Å². The minimum Gasteiger partial charge on any atom is -0.383 e. The first kappa shape index (κ1) is 24.9. The number of fused-ring (bicyclic) bond motifs is 1. The minimum absolute atomic E-state index is 0.0989. The Hall–Kier alpha value is -3.75. The van der Waals surface area contributed by atoms with Gasteiger partial charge in [0, 0.05) is 43.4 Å². The number of hydrogen-bond acceptors (Lipinski definition) is 4. The van der Waals surface area contributed by atoms with Crippen molar-refractivity contribution < 1.29 is 9.53 Å². The summed E-state index contributed by atoms with van der Waals surface area (Å²) in [5.74, 6) is -0.0989. The number of carbonyl (C=O) groups excluding carboxylic acids is 1. The number of rotatable bonds is 9. The van der Waals surface area contributed by atoms with Crippen molar-refractivity contribution in [1.82, 2.24) is 24.6 Å². The van der Waals surface area contributed by atoms with Crippen molar-refractivity contribution in [3.63, 3.8) is 0 Å². The number of nitrogens with zero attached hydrogens (tertiary/aromatic N) is 4. The quantitative estimate of drug-likeness (QED) is 0.251. The third kappa shape index (κ3) is 5.35. The van der Waals surface area contributed by atoms with Crippen molar-refractivity contribution in [3.8, 4) is 11.3 Å². The van der Waals surface area contributed by atoms with Crippen LogP contribution in [0.2, 0.25) is 0 Å². The Morgan fingerprint density at radius 1 is 1.11 bits per heavy atom. The van der Waals surface area contributed by atoms with Crippen LogP contribution in [0.25, 0.3) is 22.0 Å². The van der Waals surface area contributed by atoms with Crippen LogP contribution in [0, 0.1) is 0 Å². The van der Waals surface area contributed by atoms with Gasteiger partial charge in [-0.2, -0.15) is 5.10 Å². The number of halogens is 1. The molecule has 5 aromatic rings. The lowest BCUT2D eigenvalue weighted by atomic mass is 10.00. The molecule has 7 nitrogen and oxygen atoms in total. The molecule has 0 radical (unpaired) electrons. The minimum atomic E-state index is -0.178. The van der Waals surface area contributed by atoms with Crippen molar-refractivity contribution in [3.05, 3.63) is 107 Å². The molecule has 0 saturated carbocycles. The zero-order valence-corrected chi connectivity index (χ0v) is 22.4. The van der Waals surface area contributed by atoms with Crippen LogP contribution in [0.3, 0.4) is 0 Å². The van der Waals surface area contributed by atoms with E-state index in [4.69, 9.17) is 9.84 Å². The molecule has 0 aliphatic carbocycles. The number of hydrogen-bond donors (Lipinski definition) is 1. The third-order valence-corrected chi connectivity index (χ3v) is 7.05. The summed E-state index contributed by atoms with van der Waals surface area (Å²) in [5.41, 5.74) is 4.20. The standard InChI is InChI=1S/C29H28BrN5O2/c1-34(14-15-37-2)29(36)25-18-35(33-28(25)24-9-5-7-21-6-3-4-8-23(21)24)27(26-17-31-19-32-26)16-20-10-12-22(30)13-11-20/h3-13,17-19,27H,14-16H2,1-2H3,(H,31,32). The van der Waals surface area contributed by atoms with E-state index in [1.807, 2.05) is 53.5 Å². The zero-order valence-electron chi connectivity index (χ0n) is 20.8. The third-order valence-electron chi connectivity index (χ3n) is 6.52. The average Bonchev–Trinajstić information content (AvgIpc) is 3.61. The molecule has 1 atom stereocenters. The molecule has 1 unspecified atom stereocenters. The van der Waals surface area contributed by atoms with Crippen LogP contribution in [0.5, 0.6) is 0 Å². The van der Waals surface area contributed by atoms with Gasteiger partial charge in [0.1, 0.15) is 5.69 Å². The molecular formula is C29H28BrN5O2. The number of aromatic amines is 1. The molecule has 188 valence electrons. The van der Waals surface area contributed by atoms with E-state index in [0.717, 1.165) is 32.1 Å². The van der Waals surface area contributed by atoms with Gasteiger partial charge in [0.05, 0.1) is 36.4 Å². The Labute approximate surface area is 224 Å². The van der Waals surface area contributed by atoms with Crippen molar-refractivity contribution in [1.29, 1.82) is 0 Å². The number of methoxy groups -OCH3 is 1. The van der Waals surface area contributed by atoms with Crippen molar-refractivity contribution in [2.75, 3.05) is 27.3 Å². The molecule has 3 aromatic carbocycles. The highest BCUT2D eigenvalue weighted by Gasteiger charge is 2.26. The number of amides is 1. The normalized spacial score (nSPS) is 12.1. The lowest BCUT2D eigenvalue weighted by Gasteiger charge is -2.17. The van der Waals surface area contributed by atoms with E-state index in [1.54, 1.807) is 25.4 Å². The van der Waals surface area contributed by atoms with Gasteiger partial charge in [-0.3, -0.25) is 9.48 Å². The van der Waals surface area contributed by atoms with Gasteiger partial charge >= 0.3 is 0 Å². The first-order valence-electron chi connectivity index (χ1n) is 12.1. The summed E-state index contributed by atoms with van der Waals surface area (Å²) in [6.45, 7) is 0.943. The molecule has 0 saturated heterocycles. The van der Waals surface area contributed by atoms with Gasteiger partial charge in [0.25, 0.3) is 5.91 Å². The van der Waals surface area contributed by atoms with Crippen molar-refractivity contribution in [2.45, 2.75) is 12.5 Å². The fourth-order valence-electron chi connectivity index (χ4n) is 4.51. The SMILES string of the molecule is COCCN(C)C(=O)c1cn(C(Cc2ccc(Br)cc2)c2cnc[nH]2)nc1-c1cccc2ccccc12. The number of ether oxygens (including phenoxy) is 1.